The smallest absolute Gasteiger partial charge is 0.306 e. The molecular weight excluding hydrogens is 380 g/mol. The molecule has 0 radical (unpaired) electrons. The van der Waals surface area contributed by atoms with E-state index in [2.05, 4.69) is 23.7 Å². The lowest BCUT2D eigenvalue weighted by atomic mass is 10.2. The van der Waals surface area contributed by atoms with Crippen molar-refractivity contribution >= 4 is 16.1 Å². The lowest BCUT2D eigenvalue weighted by Gasteiger charge is -2.19. The summed E-state index contributed by atoms with van der Waals surface area (Å²) in [4.78, 5) is 11.5. The molecule has 0 saturated heterocycles. The van der Waals surface area contributed by atoms with Gasteiger partial charge in [0.15, 0.2) is 0 Å². The van der Waals surface area contributed by atoms with Crippen molar-refractivity contribution in [2.75, 3.05) is 19.8 Å². The molecule has 0 bridgehead atoms. The summed E-state index contributed by atoms with van der Waals surface area (Å²) >= 11 is 0. The SMILES string of the molecule is CC(C)(C)OC(=O)CCCOCC#CC#CCOS(=O)(=O)Cc1ccccc1. The minimum atomic E-state index is -3.67. The molecule has 0 unspecified atom stereocenters. The third kappa shape index (κ3) is 12.9. The standard InChI is InChI=1S/C21H26O6S/c1-21(2,3)27-20(22)14-11-16-25-15-9-4-5-10-17-26-28(23,24)18-19-12-7-6-8-13-19/h6-8,12-13H,11,14-18H2,1-3H3. The van der Waals surface area contributed by atoms with Gasteiger partial charge in [0, 0.05) is 13.0 Å². The minimum absolute atomic E-state index is 0.177. The predicted molar refractivity (Wildman–Crippen MR) is 106 cm³/mol. The fraction of sp³-hybridized carbons (Fsp3) is 0.476. The number of benzene rings is 1. The van der Waals surface area contributed by atoms with Crippen molar-refractivity contribution in [3.63, 3.8) is 0 Å². The Morgan fingerprint density at radius 2 is 1.68 bits per heavy atom. The third-order valence-electron chi connectivity index (χ3n) is 3.00. The molecule has 0 aliphatic rings. The van der Waals surface area contributed by atoms with Crippen molar-refractivity contribution in [1.29, 1.82) is 0 Å². The van der Waals surface area contributed by atoms with Gasteiger partial charge < -0.3 is 9.47 Å². The van der Waals surface area contributed by atoms with Crippen molar-refractivity contribution in [3.05, 3.63) is 35.9 Å². The second-order valence-corrected chi connectivity index (χ2v) is 8.44. The van der Waals surface area contributed by atoms with Crippen molar-refractivity contribution in [1.82, 2.24) is 0 Å². The van der Waals surface area contributed by atoms with Crippen molar-refractivity contribution in [2.24, 2.45) is 0 Å². The Balaban J connectivity index is 2.15. The van der Waals surface area contributed by atoms with Crippen LogP contribution in [0, 0.1) is 23.7 Å². The van der Waals surface area contributed by atoms with E-state index in [-0.39, 0.29) is 24.9 Å². The van der Waals surface area contributed by atoms with E-state index in [0.717, 1.165) is 0 Å². The van der Waals surface area contributed by atoms with E-state index in [9.17, 15) is 13.2 Å². The molecule has 0 N–H and O–H groups in total. The summed E-state index contributed by atoms with van der Waals surface area (Å²) in [5, 5.41) is 0. The summed E-state index contributed by atoms with van der Waals surface area (Å²) in [7, 11) is -3.67. The van der Waals surface area contributed by atoms with Crippen LogP contribution >= 0.6 is 0 Å². The van der Waals surface area contributed by atoms with Crippen LogP contribution in [0.25, 0.3) is 0 Å². The maximum absolute atomic E-state index is 11.8. The summed E-state index contributed by atoms with van der Waals surface area (Å²) in [6.45, 7) is 5.78. The summed E-state index contributed by atoms with van der Waals surface area (Å²) in [6, 6.07) is 8.77. The average Bonchev–Trinajstić information content (AvgIpc) is 2.58. The van der Waals surface area contributed by atoms with Gasteiger partial charge in [0.05, 0.1) is 0 Å². The number of ether oxygens (including phenoxy) is 2. The third-order valence-corrected chi connectivity index (χ3v) is 4.16. The Bertz CT molecular complexity index is 830. The molecule has 1 rings (SSSR count). The lowest BCUT2D eigenvalue weighted by molar-refractivity contribution is -0.155. The zero-order valence-corrected chi connectivity index (χ0v) is 17.3. The highest BCUT2D eigenvalue weighted by molar-refractivity contribution is 7.85. The first-order valence-corrected chi connectivity index (χ1v) is 10.4. The topological polar surface area (TPSA) is 78.9 Å². The highest BCUT2D eigenvalue weighted by atomic mass is 32.2. The van der Waals surface area contributed by atoms with Crippen LogP contribution in [-0.2, 0) is 34.3 Å². The number of hydrogen-bond donors (Lipinski definition) is 0. The van der Waals surface area contributed by atoms with E-state index in [4.69, 9.17) is 13.7 Å². The lowest BCUT2D eigenvalue weighted by Crippen LogP contribution is -2.23. The van der Waals surface area contributed by atoms with E-state index < -0.39 is 15.7 Å². The first-order chi connectivity index (χ1) is 13.2. The Morgan fingerprint density at radius 3 is 2.32 bits per heavy atom. The average molecular weight is 407 g/mol. The first-order valence-electron chi connectivity index (χ1n) is 8.84. The molecule has 0 aliphatic carbocycles. The summed E-state index contributed by atoms with van der Waals surface area (Å²) in [5.74, 6) is 9.81. The molecule has 1 aromatic carbocycles. The molecule has 152 valence electrons. The Labute approximate surface area is 167 Å². The molecule has 0 saturated carbocycles. The molecule has 0 fully saturated rings. The largest absolute Gasteiger partial charge is 0.460 e. The second kappa shape index (κ2) is 12.2. The molecule has 0 atom stereocenters. The van der Waals surface area contributed by atoms with Gasteiger partial charge in [0.1, 0.15) is 24.6 Å². The van der Waals surface area contributed by atoms with Crippen LogP contribution in [-0.4, -0.2) is 39.8 Å². The van der Waals surface area contributed by atoms with Gasteiger partial charge in [-0.05, 0) is 44.6 Å². The molecule has 0 amide bonds. The van der Waals surface area contributed by atoms with Gasteiger partial charge in [-0.2, -0.15) is 8.42 Å². The van der Waals surface area contributed by atoms with E-state index >= 15 is 0 Å². The van der Waals surface area contributed by atoms with Crippen molar-refractivity contribution in [3.8, 4) is 23.7 Å². The van der Waals surface area contributed by atoms with Gasteiger partial charge >= 0.3 is 5.97 Å². The molecule has 6 nitrogen and oxygen atoms in total. The zero-order valence-electron chi connectivity index (χ0n) is 16.5. The molecular formula is C21H26O6S. The first kappa shape index (κ1) is 23.7. The summed E-state index contributed by atoms with van der Waals surface area (Å²) in [5.41, 5.74) is 0.172. The number of rotatable bonds is 9. The van der Waals surface area contributed by atoms with Gasteiger partial charge in [-0.15, -0.1) is 0 Å². The normalized spacial score (nSPS) is 11.0. The number of carbonyl (C=O) groups excluding carboxylic acids is 1. The second-order valence-electron chi connectivity index (χ2n) is 6.80. The van der Waals surface area contributed by atoms with Gasteiger partial charge in [-0.1, -0.05) is 42.2 Å². The van der Waals surface area contributed by atoms with Crippen LogP contribution in [0.15, 0.2) is 30.3 Å². The van der Waals surface area contributed by atoms with Gasteiger partial charge in [0.2, 0.25) is 0 Å². The van der Waals surface area contributed by atoms with Gasteiger partial charge in [-0.3, -0.25) is 8.98 Å². The Hall–Kier alpha value is -2.32. The van der Waals surface area contributed by atoms with Crippen LogP contribution in [0.1, 0.15) is 39.2 Å². The highest BCUT2D eigenvalue weighted by Crippen LogP contribution is 2.09. The van der Waals surface area contributed by atoms with E-state index in [1.165, 1.54) is 0 Å². The van der Waals surface area contributed by atoms with Crippen LogP contribution in [0.3, 0.4) is 0 Å². The van der Waals surface area contributed by atoms with Crippen LogP contribution < -0.4 is 0 Å². The molecule has 0 heterocycles. The maximum Gasteiger partial charge on any atom is 0.306 e. The van der Waals surface area contributed by atoms with E-state index in [0.29, 0.717) is 25.0 Å². The predicted octanol–water partition coefficient (Wildman–Crippen LogP) is 2.68. The molecule has 7 heteroatoms. The number of esters is 1. The summed E-state index contributed by atoms with van der Waals surface area (Å²) < 4.78 is 38.8. The number of hydrogen-bond acceptors (Lipinski definition) is 6. The molecule has 0 spiro atoms. The highest BCUT2D eigenvalue weighted by Gasteiger charge is 2.15. The zero-order chi connectivity index (χ0) is 20.9. The van der Waals surface area contributed by atoms with Crippen LogP contribution in [0.5, 0.6) is 0 Å². The van der Waals surface area contributed by atoms with E-state index in [1.807, 2.05) is 26.8 Å². The molecule has 28 heavy (non-hydrogen) atoms. The van der Waals surface area contributed by atoms with Crippen LogP contribution in [0.4, 0.5) is 0 Å². The quantitative estimate of drug-likeness (QED) is 0.272. The van der Waals surface area contributed by atoms with Crippen molar-refractivity contribution < 1.29 is 26.9 Å². The monoisotopic (exact) mass is 406 g/mol. The fourth-order valence-corrected chi connectivity index (χ4v) is 2.86. The number of carbonyl (C=O) groups is 1. The maximum atomic E-state index is 11.8. The minimum Gasteiger partial charge on any atom is -0.460 e. The van der Waals surface area contributed by atoms with Crippen LogP contribution in [0.2, 0.25) is 0 Å². The Morgan fingerprint density at radius 1 is 1.04 bits per heavy atom. The van der Waals surface area contributed by atoms with Gasteiger partial charge in [0.25, 0.3) is 10.1 Å². The molecule has 1 aromatic rings. The molecule has 0 aromatic heterocycles. The molecule has 0 aliphatic heterocycles. The van der Waals surface area contributed by atoms with Crippen molar-refractivity contribution in [2.45, 2.75) is 45.0 Å². The van der Waals surface area contributed by atoms with E-state index in [1.54, 1.807) is 24.3 Å². The van der Waals surface area contributed by atoms with Gasteiger partial charge in [-0.25, -0.2) is 0 Å². The fourth-order valence-electron chi connectivity index (χ4n) is 1.93. The summed E-state index contributed by atoms with van der Waals surface area (Å²) in [6.07, 6.45) is 0.842. The Kier molecular flexibility index (Phi) is 10.3.